The minimum atomic E-state index is 0.237. The Balaban J connectivity index is 2.21. The lowest BCUT2D eigenvalue weighted by Crippen LogP contribution is -1.90. The third-order valence-corrected chi connectivity index (χ3v) is 3.72. The minimum absolute atomic E-state index is 0.237. The number of halogens is 2. The molecule has 4 nitrogen and oxygen atoms in total. The third kappa shape index (κ3) is 2.30. The molecular formula is C14H9BrClN3O. The van der Waals surface area contributed by atoms with Gasteiger partial charge in [-0.25, -0.2) is 0 Å². The normalized spacial score (nSPS) is 10.7. The second-order valence-corrected chi connectivity index (χ2v) is 5.40. The van der Waals surface area contributed by atoms with Gasteiger partial charge in [0.25, 0.3) is 0 Å². The van der Waals surface area contributed by atoms with Gasteiger partial charge in [-0.1, -0.05) is 44.8 Å². The Morgan fingerprint density at radius 2 is 2.05 bits per heavy atom. The van der Waals surface area contributed by atoms with Gasteiger partial charge in [-0.3, -0.25) is 4.98 Å². The number of hydrogen-bond donors (Lipinski definition) is 1. The molecule has 0 unspecified atom stereocenters. The first-order valence-electron chi connectivity index (χ1n) is 5.79. The van der Waals surface area contributed by atoms with Crippen LogP contribution in [-0.4, -0.2) is 10.1 Å². The topological polar surface area (TPSA) is 64.9 Å². The van der Waals surface area contributed by atoms with Crippen LogP contribution in [0.4, 0.5) is 5.88 Å². The van der Waals surface area contributed by atoms with Crippen LogP contribution < -0.4 is 5.73 Å². The van der Waals surface area contributed by atoms with Crippen LogP contribution in [0, 0.1) is 0 Å². The van der Waals surface area contributed by atoms with E-state index < -0.39 is 0 Å². The zero-order chi connectivity index (χ0) is 14.1. The van der Waals surface area contributed by atoms with Crippen molar-refractivity contribution in [2.45, 2.75) is 0 Å². The van der Waals surface area contributed by atoms with Crippen LogP contribution in [0.15, 0.2) is 51.6 Å². The molecule has 0 amide bonds. The molecule has 2 aromatic heterocycles. The highest BCUT2D eigenvalue weighted by molar-refractivity contribution is 9.10. The summed E-state index contributed by atoms with van der Waals surface area (Å²) in [6, 6.07) is 11.0. The molecule has 0 aliphatic heterocycles. The summed E-state index contributed by atoms with van der Waals surface area (Å²) in [5.74, 6) is 0.237. The molecule has 0 atom stereocenters. The van der Waals surface area contributed by atoms with E-state index in [2.05, 4.69) is 26.1 Å². The smallest absolute Gasteiger partial charge is 0.232 e. The van der Waals surface area contributed by atoms with Crippen LogP contribution in [0.1, 0.15) is 0 Å². The molecule has 0 saturated heterocycles. The first kappa shape index (κ1) is 13.1. The average molecular weight is 351 g/mol. The van der Waals surface area contributed by atoms with Crippen LogP contribution in [0.25, 0.3) is 22.5 Å². The van der Waals surface area contributed by atoms with Crippen LogP contribution in [0.3, 0.4) is 0 Å². The van der Waals surface area contributed by atoms with E-state index in [-0.39, 0.29) is 5.88 Å². The number of hydrogen-bond acceptors (Lipinski definition) is 4. The first-order chi connectivity index (χ1) is 9.66. The van der Waals surface area contributed by atoms with Crippen molar-refractivity contribution in [3.63, 3.8) is 0 Å². The van der Waals surface area contributed by atoms with Gasteiger partial charge in [-0.2, -0.15) is 0 Å². The molecule has 0 radical (unpaired) electrons. The summed E-state index contributed by atoms with van der Waals surface area (Å²) in [4.78, 5) is 4.29. The monoisotopic (exact) mass is 349 g/mol. The van der Waals surface area contributed by atoms with Crippen LogP contribution in [-0.2, 0) is 0 Å². The molecule has 1 aromatic carbocycles. The van der Waals surface area contributed by atoms with Crippen molar-refractivity contribution in [2.75, 3.05) is 5.73 Å². The summed E-state index contributed by atoms with van der Waals surface area (Å²) in [6.07, 6.45) is 1.70. The molecule has 3 rings (SSSR count). The maximum absolute atomic E-state index is 5.96. The number of pyridine rings is 1. The van der Waals surface area contributed by atoms with Gasteiger partial charge in [0.15, 0.2) is 0 Å². The largest absolute Gasteiger partial charge is 0.367 e. The van der Waals surface area contributed by atoms with E-state index in [1.807, 2.05) is 24.3 Å². The Hall–Kier alpha value is -1.85. The molecule has 0 aliphatic carbocycles. The third-order valence-electron chi connectivity index (χ3n) is 2.83. The van der Waals surface area contributed by atoms with Crippen molar-refractivity contribution >= 4 is 33.4 Å². The van der Waals surface area contributed by atoms with Crippen molar-refractivity contribution in [2.24, 2.45) is 0 Å². The second kappa shape index (κ2) is 5.26. The summed E-state index contributed by atoms with van der Waals surface area (Å²) in [6.45, 7) is 0. The van der Waals surface area contributed by atoms with E-state index >= 15 is 0 Å². The van der Waals surface area contributed by atoms with Gasteiger partial charge in [0.1, 0.15) is 5.69 Å². The molecular weight excluding hydrogens is 342 g/mol. The fraction of sp³-hybridized carbons (Fsp3) is 0. The highest BCUT2D eigenvalue weighted by atomic mass is 79.9. The van der Waals surface area contributed by atoms with Crippen LogP contribution in [0.2, 0.25) is 5.02 Å². The summed E-state index contributed by atoms with van der Waals surface area (Å²) < 4.78 is 5.94. The lowest BCUT2D eigenvalue weighted by atomic mass is 10.0. The lowest BCUT2D eigenvalue weighted by molar-refractivity contribution is 0.439. The first-order valence-corrected chi connectivity index (χ1v) is 6.96. The molecule has 20 heavy (non-hydrogen) atoms. The zero-order valence-corrected chi connectivity index (χ0v) is 12.5. The van der Waals surface area contributed by atoms with Gasteiger partial charge in [0.2, 0.25) is 5.88 Å². The standard InChI is InChI=1S/C14H9BrClN3O/c15-10-7-8(16)4-5-9(10)13-12(14(17)20-19-13)11-3-1-2-6-18-11/h1-7H,17H2. The predicted molar refractivity (Wildman–Crippen MR) is 82.3 cm³/mol. The molecule has 0 fully saturated rings. The zero-order valence-electron chi connectivity index (χ0n) is 10.2. The van der Waals surface area contributed by atoms with Gasteiger partial charge >= 0.3 is 0 Å². The van der Waals surface area contributed by atoms with Gasteiger partial charge in [0.05, 0.1) is 11.3 Å². The van der Waals surface area contributed by atoms with Crippen LogP contribution >= 0.6 is 27.5 Å². The van der Waals surface area contributed by atoms with E-state index in [4.69, 9.17) is 21.9 Å². The SMILES string of the molecule is Nc1onc(-c2ccc(Cl)cc2Br)c1-c1ccccn1. The molecule has 0 aliphatic rings. The Bertz CT molecular complexity index is 758. The van der Waals surface area contributed by atoms with E-state index in [9.17, 15) is 0 Å². The Labute approximate surface area is 128 Å². The van der Waals surface area contributed by atoms with Crippen molar-refractivity contribution in [1.82, 2.24) is 10.1 Å². The number of benzene rings is 1. The molecule has 3 aromatic rings. The van der Waals surface area contributed by atoms with Gasteiger partial charge in [-0.15, -0.1) is 0 Å². The van der Waals surface area contributed by atoms with Crippen molar-refractivity contribution < 1.29 is 4.52 Å². The minimum Gasteiger partial charge on any atom is -0.367 e. The summed E-state index contributed by atoms with van der Waals surface area (Å²) >= 11 is 9.43. The molecule has 0 saturated carbocycles. The number of aromatic nitrogens is 2. The second-order valence-electron chi connectivity index (χ2n) is 4.11. The maximum atomic E-state index is 5.96. The quantitative estimate of drug-likeness (QED) is 0.744. The van der Waals surface area contributed by atoms with Crippen molar-refractivity contribution in [3.8, 4) is 22.5 Å². The molecule has 0 spiro atoms. The van der Waals surface area contributed by atoms with Crippen LogP contribution in [0.5, 0.6) is 0 Å². The fourth-order valence-electron chi connectivity index (χ4n) is 1.93. The van der Waals surface area contributed by atoms with Gasteiger partial charge < -0.3 is 10.3 Å². The molecule has 6 heteroatoms. The molecule has 2 N–H and O–H groups in total. The maximum Gasteiger partial charge on any atom is 0.232 e. The number of anilines is 1. The van der Waals surface area contributed by atoms with E-state index in [1.54, 1.807) is 18.3 Å². The van der Waals surface area contributed by atoms with Crippen molar-refractivity contribution in [3.05, 3.63) is 52.1 Å². The molecule has 0 bridgehead atoms. The molecule has 2 heterocycles. The predicted octanol–water partition coefficient (Wildman–Crippen LogP) is 4.40. The highest BCUT2D eigenvalue weighted by Crippen LogP contribution is 2.38. The summed E-state index contributed by atoms with van der Waals surface area (Å²) in [5.41, 5.74) is 8.74. The van der Waals surface area contributed by atoms with E-state index in [0.29, 0.717) is 22.0 Å². The number of nitrogens with zero attached hydrogens (tertiary/aromatic N) is 2. The summed E-state index contributed by atoms with van der Waals surface area (Å²) in [7, 11) is 0. The Kier molecular flexibility index (Phi) is 3.46. The van der Waals surface area contributed by atoms with E-state index in [1.165, 1.54) is 0 Å². The number of nitrogens with two attached hydrogens (primary N) is 1. The van der Waals surface area contributed by atoms with Gasteiger partial charge in [-0.05, 0) is 24.3 Å². The Morgan fingerprint density at radius 1 is 1.20 bits per heavy atom. The summed E-state index contributed by atoms with van der Waals surface area (Å²) in [5, 5.41) is 4.68. The van der Waals surface area contributed by atoms with Crippen molar-refractivity contribution in [1.29, 1.82) is 0 Å². The highest BCUT2D eigenvalue weighted by Gasteiger charge is 2.20. The number of nitrogen functional groups attached to an aromatic ring is 1. The lowest BCUT2D eigenvalue weighted by Gasteiger charge is -2.04. The van der Waals surface area contributed by atoms with E-state index in [0.717, 1.165) is 10.0 Å². The van der Waals surface area contributed by atoms with Gasteiger partial charge in [0, 0.05) is 21.3 Å². The number of rotatable bonds is 2. The fourth-order valence-corrected chi connectivity index (χ4v) is 2.80. The Morgan fingerprint density at radius 3 is 2.75 bits per heavy atom. The molecule has 100 valence electrons. The average Bonchev–Trinajstić information content (AvgIpc) is 2.81.